The van der Waals surface area contributed by atoms with Crippen LogP contribution in [0.25, 0.3) is 0 Å². The molecule has 0 radical (unpaired) electrons. The fourth-order valence-corrected chi connectivity index (χ4v) is 1.54. The van der Waals surface area contributed by atoms with Crippen LogP contribution < -0.4 is 10.6 Å². The van der Waals surface area contributed by atoms with Crippen molar-refractivity contribution < 1.29 is 17.9 Å². The number of rotatable bonds is 2. The molecule has 0 unspecified atom stereocenters. The van der Waals surface area contributed by atoms with Crippen LogP contribution in [0, 0.1) is 3.57 Å². The molecule has 2 N–H and O–H groups in total. The average Bonchev–Trinajstić information content (AvgIpc) is 2.08. The quantitative estimate of drug-likeness (QED) is 0.392. The van der Waals surface area contributed by atoms with Gasteiger partial charge in [-0.05, 0) is 46.4 Å². The van der Waals surface area contributed by atoms with E-state index in [0.29, 0.717) is 9.13 Å². The van der Waals surface area contributed by atoms with Crippen molar-refractivity contribution in [3.8, 4) is 5.75 Å². The second-order valence-corrected chi connectivity index (χ2v) is 3.68. The van der Waals surface area contributed by atoms with Gasteiger partial charge in [0, 0.05) is 0 Å². The summed E-state index contributed by atoms with van der Waals surface area (Å²) in [5, 5.41) is 3.26. The van der Waals surface area contributed by atoms with E-state index in [4.69, 9.17) is 5.84 Å². The molecule has 0 spiro atoms. The van der Waals surface area contributed by atoms with Crippen LogP contribution in [0.3, 0.4) is 0 Å². The number of halogens is 4. The molecule has 3 nitrogen and oxygen atoms in total. The Bertz CT molecular complexity index is 379. The molecule has 0 aliphatic rings. The Labute approximate surface area is 97.2 Å². The van der Waals surface area contributed by atoms with Gasteiger partial charge in [-0.15, -0.1) is 13.2 Å². The summed E-state index contributed by atoms with van der Waals surface area (Å²) in [4.78, 5) is 0. The van der Waals surface area contributed by atoms with Crippen LogP contribution in [-0.2, 0) is 0 Å². The van der Waals surface area contributed by atoms with Crippen molar-refractivity contribution in [2.75, 3.05) is 0 Å². The lowest BCUT2D eigenvalue weighted by molar-refractivity contribution is -0.274. The monoisotopic (exact) mass is 330 g/mol. The normalized spacial score (nSPS) is 12.0. The van der Waals surface area contributed by atoms with Crippen molar-refractivity contribution >= 4 is 28.8 Å². The second-order valence-electron chi connectivity index (χ2n) is 2.52. The molecule has 0 amide bonds. The van der Waals surface area contributed by atoms with Gasteiger partial charge in [0.15, 0.2) is 0 Å². The van der Waals surface area contributed by atoms with E-state index in [-0.39, 0.29) is 5.75 Å². The van der Waals surface area contributed by atoms with E-state index in [1.807, 2.05) is 0 Å². The lowest BCUT2D eigenvalue weighted by Crippen LogP contribution is -2.17. The first-order valence-corrected chi connectivity index (χ1v) is 4.79. The molecule has 1 aromatic rings. The molecule has 0 heterocycles. The minimum Gasteiger partial charge on any atom is -0.405 e. The molecule has 1 aromatic carbocycles. The van der Waals surface area contributed by atoms with Gasteiger partial charge in [-0.1, -0.05) is 0 Å². The van der Waals surface area contributed by atoms with Gasteiger partial charge in [0.2, 0.25) is 0 Å². The highest BCUT2D eigenvalue weighted by atomic mass is 127. The Hall–Kier alpha value is -0.990. The summed E-state index contributed by atoms with van der Waals surface area (Å²) in [6.07, 6.45) is -3.34. The molecule has 1 rings (SSSR count). The highest BCUT2D eigenvalue weighted by Gasteiger charge is 2.31. The number of hydrogen-bond donors (Lipinski definition) is 1. The molecule has 0 fully saturated rings. The van der Waals surface area contributed by atoms with Crippen LogP contribution in [0.4, 0.5) is 13.2 Å². The van der Waals surface area contributed by atoms with Crippen molar-refractivity contribution in [2.45, 2.75) is 6.36 Å². The summed E-state index contributed by atoms with van der Waals surface area (Å²) in [5.74, 6) is 4.67. The molecule has 0 aliphatic heterocycles. The van der Waals surface area contributed by atoms with E-state index in [2.05, 4.69) is 9.84 Å². The van der Waals surface area contributed by atoms with Crippen LogP contribution in [-0.4, -0.2) is 12.6 Å². The summed E-state index contributed by atoms with van der Waals surface area (Å²) in [7, 11) is 0. The lowest BCUT2D eigenvalue weighted by Gasteiger charge is -2.10. The first kappa shape index (κ1) is 12.1. The summed E-state index contributed by atoms with van der Waals surface area (Å²) in [6, 6.07) is 4.13. The fraction of sp³-hybridized carbons (Fsp3) is 0.125. The minimum atomic E-state index is -4.68. The minimum absolute atomic E-state index is 0.239. The smallest absolute Gasteiger partial charge is 0.405 e. The van der Waals surface area contributed by atoms with E-state index in [9.17, 15) is 13.2 Å². The van der Waals surface area contributed by atoms with Gasteiger partial charge in [0.25, 0.3) is 0 Å². The Morgan fingerprint density at radius 1 is 1.40 bits per heavy atom. The SMILES string of the molecule is NN=Cc1ccc(OC(F)(F)F)c(I)c1. The molecule has 15 heavy (non-hydrogen) atoms. The average molecular weight is 330 g/mol. The largest absolute Gasteiger partial charge is 0.573 e. The van der Waals surface area contributed by atoms with E-state index < -0.39 is 6.36 Å². The molecule has 0 saturated carbocycles. The molecular formula is C8H6F3IN2O. The fourth-order valence-electron chi connectivity index (χ4n) is 0.891. The van der Waals surface area contributed by atoms with Crippen LogP contribution in [0.2, 0.25) is 0 Å². The third-order valence-corrected chi connectivity index (χ3v) is 2.25. The molecule has 7 heteroatoms. The Morgan fingerprint density at radius 2 is 2.07 bits per heavy atom. The molecule has 0 aliphatic carbocycles. The Kier molecular flexibility index (Phi) is 3.77. The van der Waals surface area contributed by atoms with Crippen molar-refractivity contribution in [3.63, 3.8) is 0 Å². The summed E-state index contributed by atoms with van der Waals surface area (Å²) < 4.78 is 39.8. The molecule has 0 atom stereocenters. The predicted octanol–water partition coefficient (Wildman–Crippen LogP) is 2.48. The Morgan fingerprint density at radius 3 is 2.53 bits per heavy atom. The van der Waals surface area contributed by atoms with Crippen molar-refractivity contribution in [1.82, 2.24) is 0 Å². The zero-order valence-corrected chi connectivity index (χ0v) is 9.41. The van der Waals surface area contributed by atoms with Gasteiger partial charge in [0.05, 0.1) is 9.78 Å². The zero-order chi connectivity index (χ0) is 11.5. The molecule has 0 bridgehead atoms. The number of benzene rings is 1. The van der Waals surface area contributed by atoms with Crippen LogP contribution in [0.5, 0.6) is 5.75 Å². The summed E-state index contributed by atoms with van der Waals surface area (Å²) >= 11 is 1.74. The van der Waals surface area contributed by atoms with Crippen molar-refractivity contribution in [3.05, 3.63) is 27.3 Å². The molecule has 0 saturated heterocycles. The van der Waals surface area contributed by atoms with Crippen LogP contribution >= 0.6 is 22.6 Å². The van der Waals surface area contributed by atoms with E-state index in [1.54, 1.807) is 22.6 Å². The topological polar surface area (TPSA) is 47.6 Å². The van der Waals surface area contributed by atoms with Gasteiger partial charge in [-0.2, -0.15) is 5.10 Å². The maximum atomic E-state index is 11.9. The number of ether oxygens (including phenoxy) is 1. The first-order valence-electron chi connectivity index (χ1n) is 3.71. The summed E-state index contributed by atoms with van der Waals surface area (Å²) in [6.45, 7) is 0. The molecule has 82 valence electrons. The van der Waals surface area contributed by atoms with Crippen LogP contribution in [0.15, 0.2) is 23.3 Å². The van der Waals surface area contributed by atoms with Crippen molar-refractivity contribution in [2.24, 2.45) is 10.9 Å². The maximum absolute atomic E-state index is 11.9. The van der Waals surface area contributed by atoms with Gasteiger partial charge >= 0.3 is 6.36 Å². The van der Waals surface area contributed by atoms with Gasteiger partial charge in [-0.25, -0.2) is 0 Å². The maximum Gasteiger partial charge on any atom is 0.573 e. The number of alkyl halides is 3. The van der Waals surface area contributed by atoms with Gasteiger partial charge < -0.3 is 10.6 Å². The highest BCUT2D eigenvalue weighted by molar-refractivity contribution is 14.1. The first-order chi connectivity index (χ1) is 6.92. The van der Waals surface area contributed by atoms with E-state index >= 15 is 0 Å². The second kappa shape index (κ2) is 4.69. The van der Waals surface area contributed by atoms with Gasteiger partial charge in [-0.3, -0.25) is 0 Å². The number of hydrazone groups is 1. The number of nitrogens with zero attached hydrogens (tertiary/aromatic N) is 1. The predicted molar refractivity (Wildman–Crippen MR) is 57.6 cm³/mol. The summed E-state index contributed by atoms with van der Waals surface area (Å²) in [5.41, 5.74) is 0.608. The number of nitrogens with two attached hydrogens (primary N) is 1. The molecular weight excluding hydrogens is 324 g/mol. The lowest BCUT2D eigenvalue weighted by atomic mass is 10.2. The van der Waals surface area contributed by atoms with Crippen LogP contribution in [0.1, 0.15) is 5.56 Å². The van der Waals surface area contributed by atoms with E-state index in [0.717, 1.165) is 0 Å². The molecule has 0 aromatic heterocycles. The van der Waals surface area contributed by atoms with Gasteiger partial charge in [0.1, 0.15) is 5.75 Å². The Balaban J connectivity index is 2.93. The third-order valence-electron chi connectivity index (χ3n) is 1.41. The van der Waals surface area contributed by atoms with Crippen molar-refractivity contribution in [1.29, 1.82) is 0 Å². The van der Waals surface area contributed by atoms with E-state index in [1.165, 1.54) is 24.4 Å². The highest BCUT2D eigenvalue weighted by Crippen LogP contribution is 2.27. The standard InChI is InChI=1S/C8H6F3IN2O/c9-8(10,11)15-7-2-1-5(4-14-13)3-6(7)12/h1-4H,13H2. The number of hydrogen-bond acceptors (Lipinski definition) is 3. The zero-order valence-electron chi connectivity index (χ0n) is 7.25. The third kappa shape index (κ3) is 3.94.